The second-order valence-electron chi connectivity index (χ2n) is 7.62. The van der Waals surface area contributed by atoms with Gasteiger partial charge in [0.2, 0.25) is 5.43 Å². The van der Waals surface area contributed by atoms with Gasteiger partial charge in [0.1, 0.15) is 11.4 Å². The zero-order chi connectivity index (χ0) is 19.6. The Morgan fingerprint density at radius 2 is 2.07 bits per heavy atom. The number of carboxylic acids is 1. The van der Waals surface area contributed by atoms with Crippen molar-refractivity contribution in [2.24, 2.45) is 5.16 Å². The summed E-state index contributed by atoms with van der Waals surface area (Å²) in [6, 6.07) is 1.25. The van der Waals surface area contributed by atoms with Gasteiger partial charge in [-0.15, -0.1) is 0 Å². The minimum Gasteiger partial charge on any atom is -0.477 e. The molecule has 0 spiro atoms. The number of carbonyl (C=O) groups is 1. The van der Waals surface area contributed by atoms with Crippen molar-refractivity contribution < 1.29 is 19.5 Å². The van der Waals surface area contributed by atoms with E-state index in [9.17, 15) is 14.7 Å². The van der Waals surface area contributed by atoms with E-state index in [1.54, 1.807) is 0 Å². The van der Waals surface area contributed by atoms with E-state index in [-0.39, 0.29) is 23.0 Å². The minimum atomic E-state index is -1.31. The normalized spacial score (nSPS) is 22.4. The number of pyridine rings is 1. The van der Waals surface area contributed by atoms with Crippen molar-refractivity contribution in [1.82, 2.24) is 4.57 Å². The number of halogens is 1. The third kappa shape index (κ3) is 2.37. The fourth-order valence-corrected chi connectivity index (χ4v) is 4.41. The van der Waals surface area contributed by atoms with Crippen LogP contribution in [0.2, 0.25) is 0 Å². The highest BCUT2D eigenvalue weighted by Crippen LogP contribution is 2.43. The molecule has 0 unspecified atom stereocenters. The molecule has 2 aliphatic heterocycles. The first-order valence-electron chi connectivity index (χ1n) is 9.27. The van der Waals surface area contributed by atoms with Crippen LogP contribution in [0.15, 0.2) is 28.3 Å². The van der Waals surface area contributed by atoms with Crippen LogP contribution < -0.4 is 10.3 Å². The molecule has 8 heteroatoms. The number of aromatic carboxylic acids is 1. The number of fused-ring (bicyclic) bond motifs is 5. The summed E-state index contributed by atoms with van der Waals surface area (Å²) >= 11 is 0. The first-order valence-corrected chi connectivity index (χ1v) is 9.27. The molecular formula is C20H18FN3O4. The first kappa shape index (κ1) is 17.0. The minimum absolute atomic E-state index is 0.0188. The Labute approximate surface area is 159 Å². The first-order chi connectivity index (χ1) is 13.5. The Bertz CT molecular complexity index is 1150. The van der Waals surface area contributed by atoms with Gasteiger partial charge in [0.05, 0.1) is 28.8 Å². The molecule has 0 amide bonds. The maximum atomic E-state index is 15.2. The van der Waals surface area contributed by atoms with Crippen LogP contribution in [0.25, 0.3) is 17.0 Å². The molecule has 3 aliphatic rings. The maximum Gasteiger partial charge on any atom is 0.341 e. The van der Waals surface area contributed by atoms with Gasteiger partial charge in [-0.25, -0.2) is 9.18 Å². The molecule has 5 rings (SSSR count). The Hall–Kier alpha value is -3.16. The molecule has 1 aliphatic carbocycles. The summed E-state index contributed by atoms with van der Waals surface area (Å²) in [5.74, 6) is -1.88. The van der Waals surface area contributed by atoms with Gasteiger partial charge in [-0.05, 0) is 25.3 Å². The number of nitrogens with zero attached hydrogens (tertiary/aromatic N) is 3. The Morgan fingerprint density at radius 3 is 2.75 bits per heavy atom. The van der Waals surface area contributed by atoms with Crippen LogP contribution in [0.1, 0.15) is 47.6 Å². The fraction of sp³-hybridized carbons (Fsp3) is 0.350. The van der Waals surface area contributed by atoms with Crippen LogP contribution in [-0.2, 0) is 0 Å². The van der Waals surface area contributed by atoms with Crippen LogP contribution in [-0.4, -0.2) is 39.1 Å². The molecule has 1 saturated carbocycles. The Morgan fingerprint density at radius 1 is 1.29 bits per heavy atom. The predicted molar refractivity (Wildman–Crippen MR) is 102 cm³/mol. The Kier molecular flexibility index (Phi) is 3.59. The number of rotatable bonds is 2. The van der Waals surface area contributed by atoms with Crippen molar-refractivity contribution >= 4 is 34.3 Å². The number of benzene rings is 1. The standard InChI is InChI=1S/C20H18FN3O4/c21-16-7-14-17(24(11-4-5-11)9-15(19(14)25)20(26)27)13-3-1-2-12-6-10(22-28)8-23(12)18(13)16/h1,3,7,9,11-12,28H,2,4-6,8H2,(H,26,27)/b22-10-/t12-/m1/s1. The molecule has 2 fully saturated rings. The lowest BCUT2D eigenvalue weighted by molar-refractivity contribution is 0.0695. The lowest BCUT2D eigenvalue weighted by Crippen LogP contribution is -2.30. The van der Waals surface area contributed by atoms with Gasteiger partial charge < -0.3 is 19.8 Å². The van der Waals surface area contributed by atoms with Crippen molar-refractivity contribution in [2.45, 2.75) is 37.8 Å². The van der Waals surface area contributed by atoms with E-state index in [0.717, 1.165) is 18.9 Å². The monoisotopic (exact) mass is 383 g/mol. The second kappa shape index (κ2) is 5.92. The predicted octanol–water partition coefficient (Wildman–Crippen LogP) is 3.00. The summed E-state index contributed by atoms with van der Waals surface area (Å²) in [6.45, 7) is 0.319. The number of hydrogen-bond donors (Lipinski definition) is 2. The summed E-state index contributed by atoms with van der Waals surface area (Å²) in [7, 11) is 0. The highest BCUT2D eigenvalue weighted by Gasteiger charge is 2.36. The zero-order valence-electron chi connectivity index (χ0n) is 14.9. The molecule has 2 N–H and O–H groups in total. The van der Waals surface area contributed by atoms with E-state index in [4.69, 9.17) is 5.21 Å². The number of hydrogen-bond acceptors (Lipinski definition) is 5. The molecule has 28 heavy (non-hydrogen) atoms. The Balaban J connectivity index is 1.86. The molecule has 3 heterocycles. The van der Waals surface area contributed by atoms with Gasteiger partial charge in [0.15, 0.2) is 0 Å². The number of aromatic nitrogens is 1. The molecule has 2 aromatic rings. The van der Waals surface area contributed by atoms with E-state index in [1.807, 2.05) is 21.6 Å². The van der Waals surface area contributed by atoms with Crippen molar-refractivity contribution in [3.63, 3.8) is 0 Å². The van der Waals surface area contributed by atoms with E-state index in [0.29, 0.717) is 41.9 Å². The summed E-state index contributed by atoms with van der Waals surface area (Å²) in [4.78, 5) is 26.2. The van der Waals surface area contributed by atoms with E-state index >= 15 is 4.39 Å². The van der Waals surface area contributed by atoms with Gasteiger partial charge in [0, 0.05) is 30.3 Å². The molecule has 1 aromatic heterocycles. The van der Waals surface area contributed by atoms with Crippen molar-refractivity contribution in [3.8, 4) is 0 Å². The summed E-state index contributed by atoms with van der Waals surface area (Å²) in [5.41, 5.74) is 1.10. The molecule has 7 nitrogen and oxygen atoms in total. The number of anilines is 1. The van der Waals surface area contributed by atoms with Gasteiger partial charge >= 0.3 is 5.97 Å². The van der Waals surface area contributed by atoms with Crippen molar-refractivity contribution in [3.05, 3.63) is 45.5 Å². The molecule has 1 atom stereocenters. The molecule has 0 bridgehead atoms. The van der Waals surface area contributed by atoms with Gasteiger partial charge in [0.25, 0.3) is 0 Å². The highest BCUT2D eigenvalue weighted by molar-refractivity contribution is 6.01. The largest absolute Gasteiger partial charge is 0.477 e. The zero-order valence-corrected chi connectivity index (χ0v) is 14.9. The molecule has 1 aromatic carbocycles. The molecule has 1 saturated heterocycles. The SMILES string of the molecule is O=C(O)c1cn(C2CC2)c2c3c(c(F)cc2c1=O)N1C/C(=N\O)C[C@H]1CC=C3. The topological polar surface area (TPSA) is 95.1 Å². The number of carboxylic acid groups (broad SMARTS) is 1. The fourth-order valence-electron chi connectivity index (χ4n) is 4.41. The maximum absolute atomic E-state index is 15.2. The van der Waals surface area contributed by atoms with E-state index < -0.39 is 17.2 Å². The van der Waals surface area contributed by atoms with Gasteiger partial charge in [-0.3, -0.25) is 4.79 Å². The third-order valence-corrected chi connectivity index (χ3v) is 5.84. The number of oxime groups is 1. The van der Waals surface area contributed by atoms with Crippen molar-refractivity contribution in [1.29, 1.82) is 0 Å². The van der Waals surface area contributed by atoms with Crippen LogP contribution in [0.3, 0.4) is 0 Å². The smallest absolute Gasteiger partial charge is 0.341 e. The van der Waals surface area contributed by atoms with Gasteiger partial charge in [-0.2, -0.15) is 0 Å². The van der Waals surface area contributed by atoms with Crippen LogP contribution in [0.4, 0.5) is 10.1 Å². The van der Waals surface area contributed by atoms with E-state index in [2.05, 4.69) is 5.16 Å². The highest BCUT2D eigenvalue weighted by atomic mass is 19.1. The van der Waals surface area contributed by atoms with Crippen LogP contribution >= 0.6 is 0 Å². The van der Waals surface area contributed by atoms with Crippen molar-refractivity contribution in [2.75, 3.05) is 11.4 Å². The third-order valence-electron chi connectivity index (χ3n) is 5.84. The summed E-state index contributed by atoms with van der Waals surface area (Å²) in [6.07, 6.45) is 8.15. The molecular weight excluding hydrogens is 365 g/mol. The molecule has 0 radical (unpaired) electrons. The van der Waals surface area contributed by atoms with Crippen LogP contribution in [0.5, 0.6) is 0 Å². The van der Waals surface area contributed by atoms with Gasteiger partial charge in [-0.1, -0.05) is 17.3 Å². The van der Waals surface area contributed by atoms with E-state index in [1.165, 1.54) is 6.20 Å². The summed E-state index contributed by atoms with van der Waals surface area (Å²) < 4.78 is 17.1. The second-order valence-corrected chi connectivity index (χ2v) is 7.62. The average molecular weight is 383 g/mol. The quantitative estimate of drug-likeness (QED) is 0.614. The summed E-state index contributed by atoms with van der Waals surface area (Å²) in [5, 5.41) is 22.0. The van der Waals surface area contributed by atoms with Crippen LogP contribution in [0, 0.1) is 5.82 Å². The average Bonchev–Trinajstić information content (AvgIpc) is 3.45. The lowest BCUT2D eigenvalue weighted by Gasteiger charge is -2.27. The molecule has 144 valence electrons. The lowest BCUT2D eigenvalue weighted by atomic mass is 10.0.